The molecule has 1 aliphatic rings. The van der Waals surface area contributed by atoms with Crippen LogP contribution in [0.2, 0.25) is 5.02 Å². The quantitative estimate of drug-likeness (QED) is 0.869. The predicted octanol–water partition coefficient (Wildman–Crippen LogP) is 3.64. The summed E-state index contributed by atoms with van der Waals surface area (Å²) in [6.45, 7) is 4.27. The van der Waals surface area contributed by atoms with Crippen LogP contribution in [-0.2, 0) is 0 Å². The van der Waals surface area contributed by atoms with Crippen molar-refractivity contribution in [2.75, 3.05) is 5.32 Å². The molecule has 0 aromatic heterocycles. The molecule has 0 bridgehead atoms. The van der Waals surface area contributed by atoms with Crippen LogP contribution in [-0.4, -0.2) is 23.1 Å². The minimum atomic E-state index is -0.206. The molecule has 104 valence electrons. The van der Waals surface area contributed by atoms with Crippen molar-refractivity contribution in [3.8, 4) is 0 Å². The summed E-state index contributed by atoms with van der Waals surface area (Å²) >= 11 is 5.81. The van der Waals surface area contributed by atoms with E-state index in [0.29, 0.717) is 17.1 Å². The van der Waals surface area contributed by atoms with Gasteiger partial charge >= 0.3 is 6.03 Å². The number of hydrazine groups is 1. The molecule has 1 aromatic rings. The van der Waals surface area contributed by atoms with Crippen molar-refractivity contribution < 1.29 is 4.79 Å². The molecule has 1 aliphatic heterocycles. The first-order valence-electron chi connectivity index (χ1n) is 6.68. The Hall–Kier alpha value is -1.26. The number of halogens is 1. The van der Waals surface area contributed by atoms with E-state index in [1.54, 1.807) is 24.3 Å². The number of urea groups is 1. The van der Waals surface area contributed by atoms with Gasteiger partial charge in [0.2, 0.25) is 0 Å². The lowest BCUT2D eigenvalue weighted by Gasteiger charge is -2.38. The molecule has 1 fully saturated rings. The van der Waals surface area contributed by atoms with Gasteiger partial charge in [0, 0.05) is 22.8 Å². The zero-order valence-electron chi connectivity index (χ0n) is 11.3. The molecule has 5 heteroatoms. The second-order valence-electron chi connectivity index (χ2n) is 5.11. The van der Waals surface area contributed by atoms with E-state index in [1.807, 2.05) is 5.01 Å². The topological polar surface area (TPSA) is 44.4 Å². The van der Waals surface area contributed by atoms with Crippen molar-refractivity contribution in [1.29, 1.82) is 0 Å². The van der Waals surface area contributed by atoms with Gasteiger partial charge in [0.15, 0.2) is 0 Å². The maximum Gasteiger partial charge on any atom is 0.333 e. The Labute approximate surface area is 119 Å². The third kappa shape index (κ3) is 3.85. The molecular formula is C14H20ClN3O. The summed E-state index contributed by atoms with van der Waals surface area (Å²) in [5.41, 5.74) is 3.67. The number of piperidine rings is 1. The number of nitrogens with zero attached hydrogens (tertiary/aromatic N) is 1. The van der Waals surface area contributed by atoms with Gasteiger partial charge in [-0.05, 0) is 51.0 Å². The van der Waals surface area contributed by atoms with Crippen LogP contribution in [0.15, 0.2) is 24.3 Å². The Kier molecular flexibility index (Phi) is 4.66. The standard InChI is InChI=1S/C14H20ClN3O/c1-10-4-3-5-11(2)18(10)17-14(19)16-13-8-6-12(15)7-9-13/h6-11H,3-5H2,1-2H3,(H2,16,17,19)/t10-,11-/m0/s1. The highest BCUT2D eigenvalue weighted by Gasteiger charge is 2.25. The van der Waals surface area contributed by atoms with E-state index in [0.717, 1.165) is 18.5 Å². The van der Waals surface area contributed by atoms with Gasteiger partial charge in [0.25, 0.3) is 0 Å². The van der Waals surface area contributed by atoms with Crippen molar-refractivity contribution in [1.82, 2.24) is 10.4 Å². The monoisotopic (exact) mass is 281 g/mol. The Bertz CT molecular complexity index is 425. The van der Waals surface area contributed by atoms with Gasteiger partial charge in [0.05, 0.1) is 0 Å². The van der Waals surface area contributed by atoms with Crippen LogP contribution in [0.25, 0.3) is 0 Å². The van der Waals surface area contributed by atoms with E-state index in [-0.39, 0.29) is 6.03 Å². The van der Waals surface area contributed by atoms with Crippen molar-refractivity contribution in [2.45, 2.75) is 45.2 Å². The number of carbonyl (C=O) groups is 1. The molecule has 19 heavy (non-hydrogen) atoms. The van der Waals surface area contributed by atoms with E-state index < -0.39 is 0 Å². The van der Waals surface area contributed by atoms with Gasteiger partial charge in [-0.3, -0.25) is 5.43 Å². The van der Waals surface area contributed by atoms with Gasteiger partial charge in [-0.2, -0.15) is 0 Å². The molecule has 1 aromatic carbocycles. The molecule has 2 amide bonds. The third-order valence-electron chi connectivity index (χ3n) is 3.53. The maximum atomic E-state index is 12.0. The average molecular weight is 282 g/mol. The van der Waals surface area contributed by atoms with Gasteiger partial charge in [0.1, 0.15) is 0 Å². The fraction of sp³-hybridized carbons (Fsp3) is 0.500. The van der Waals surface area contributed by atoms with E-state index in [2.05, 4.69) is 24.6 Å². The van der Waals surface area contributed by atoms with Crippen molar-refractivity contribution in [3.63, 3.8) is 0 Å². The summed E-state index contributed by atoms with van der Waals surface area (Å²) in [6, 6.07) is 7.62. The number of amides is 2. The summed E-state index contributed by atoms with van der Waals surface area (Å²) in [6.07, 6.45) is 3.45. The Morgan fingerprint density at radius 3 is 2.37 bits per heavy atom. The highest BCUT2D eigenvalue weighted by atomic mass is 35.5. The van der Waals surface area contributed by atoms with Crippen molar-refractivity contribution in [2.24, 2.45) is 0 Å². The summed E-state index contributed by atoms with van der Waals surface area (Å²) in [5, 5.41) is 5.50. The zero-order chi connectivity index (χ0) is 13.8. The smallest absolute Gasteiger partial charge is 0.307 e. The fourth-order valence-corrected chi connectivity index (χ4v) is 2.58. The number of rotatable bonds is 2. The first-order valence-corrected chi connectivity index (χ1v) is 7.05. The molecule has 0 spiro atoms. The second kappa shape index (κ2) is 6.26. The van der Waals surface area contributed by atoms with Crippen LogP contribution in [0.5, 0.6) is 0 Å². The SMILES string of the molecule is C[C@H]1CCC[C@H](C)N1NC(=O)Nc1ccc(Cl)cc1. The summed E-state index contributed by atoms with van der Waals surface area (Å²) < 4.78 is 0. The van der Waals surface area contributed by atoms with Gasteiger partial charge in [-0.25, -0.2) is 9.80 Å². The van der Waals surface area contributed by atoms with E-state index >= 15 is 0 Å². The Morgan fingerprint density at radius 2 is 1.79 bits per heavy atom. The highest BCUT2D eigenvalue weighted by Crippen LogP contribution is 2.20. The molecule has 2 atom stereocenters. The third-order valence-corrected chi connectivity index (χ3v) is 3.78. The van der Waals surface area contributed by atoms with Crippen LogP contribution < -0.4 is 10.7 Å². The van der Waals surface area contributed by atoms with E-state index in [9.17, 15) is 4.79 Å². The normalized spacial score (nSPS) is 23.9. The minimum Gasteiger partial charge on any atom is -0.307 e. The molecule has 1 heterocycles. The molecule has 2 N–H and O–H groups in total. The molecule has 4 nitrogen and oxygen atoms in total. The summed E-state index contributed by atoms with van der Waals surface area (Å²) in [4.78, 5) is 12.0. The fourth-order valence-electron chi connectivity index (χ4n) is 2.45. The first kappa shape index (κ1) is 14.2. The molecule has 1 saturated heterocycles. The van der Waals surface area contributed by atoms with Gasteiger partial charge in [-0.15, -0.1) is 0 Å². The number of benzene rings is 1. The largest absolute Gasteiger partial charge is 0.333 e. The minimum absolute atomic E-state index is 0.206. The number of hydrogen-bond acceptors (Lipinski definition) is 2. The number of anilines is 1. The second-order valence-corrected chi connectivity index (χ2v) is 5.55. The zero-order valence-corrected chi connectivity index (χ0v) is 12.1. The highest BCUT2D eigenvalue weighted by molar-refractivity contribution is 6.30. The lowest BCUT2D eigenvalue weighted by atomic mass is 10.00. The maximum absolute atomic E-state index is 12.0. The molecule has 0 saturated carbocycles. The van der Waals surface area contributed by atoms with E-state index in [4.69, 9.17) is 11.6 Å². The number of carbonyl (C=O) groups excluding carboxylic acids is 1. The van der Waals surface area contributed by atoms with Gasteiger partial charge in [-0.1, -0.05) is 18.0 Å². The average Bonchev–Trinajstić information content (AvgIpc) is 2.37. The van der Waals surface area contributed by atoms with Crippen LogP contribution in [0.4, 0.5) is 10.5 Å². The number of nitrogens with one attached hydrogen (secondary N) is 2. The van der Waals surface area contributed by atoms with Crippen LogP contribution in [0.1, 0.15) is 33.1 Å². The lowest BCUT2D eigenvalue weighted by molar-refractivity contribution is 0.0625. The Balaban J connectivity index is 1.91. The van der Waals surface area contributed by atoms with Gasteiger partial charge < -0.3 is 5.32 Å². The molecular weight excluding hydrogens is 262 g/mol. The molecule has 0 radical (unpaired) electrons. The molecule has 0 aliphatic carbocycles. The van der Waals surface area contributed by atoms with Crippen molar-refractivity contribution >= 4 is 23.3 Å². The number of hydrogen-bond donors (Lipinski definition) is 2. The van der Waals surface area contributed by atoms with Crippen molar-refractivity contribution in [3.05, 3.63) is 29.3 Å². The van der Waals surface area contributed by atoms with Crippen LogP contribution in [0.3, 0.4) is 0 Å². The lowest BCUT2D eigenvalue weighted by Crippen LogP contribution is -2.55. The molecule has 2 rings (SSSR count). The summed E-state index contributed by atoms with van der Waals surface area (Å²) in [7, 11) is 0. The molecule has 0 unspecified atom stereocenters. The van der Waals surface area contributed by atoms with E-state index in [1.165, 1.54) is 6.42 Å². The Morgan fingerprint density at radius 1 is 1.21 bits per heavy atom. The predicted molar refractivity (Wildman–Crippen MR) is 78.2 cm³/mol. The summed E-state index contributed by atoms with van der Waals surface area (Å²) in [5.74, 6) is 0. The van der Waals surface area contributed by atoms with Crippen LogP contribution >= 0.6 is 11.6 Å². The first-order chi connectivity index (χ1) is 9.06. The van der Waals surface area contributed by atoms with Crippen LogP contribution in [0, 0.1) is 0 Å².